The van der Waals surface area contributed by atoms with E-state index in [4.69, 9.17) is 18.2 Å². The SMILES string of the molecule is [2H]c1c([2H])c([C@]2(C([2H])([2H])C([2H])(C)C([2H])([2H])N(C)C(C)C)OC(C)c3c(C)c([N+]#[C-])c(C)c([2H])c32)c(C)c(C)c1F. The number of ether oxygens (including phenoxy) is 1. The second kappa shape index (κ2) is 8.96. The maximum absolute atomic E-state index is 15.0. The maximum Gasteiger partial charge on any atom is 0.193 e. The minimum absolute atomic E-state index is 0.0115. The molecule has 0 aromatic heterocycles. The molecular weight excluding hydrogens is 399 g/mol. The smallest absolute Gasteiger partial charge is 0.193 e. The lowest BCUT2D eigenvalue weighted by molar-refractivity contribution is -0.0568. The molecule has 0 fully saturated rings. The summed E-state index contributed by atoms with van der Waals surface area (Å²) in [6.45, 7) is 17.3. The van der Waals surface area contributed by atoms with Crippen molar-refractivity contribution in [2.45, 2.75) is 79.5 Å². The molecule has 2 aromatic rings. The Kier molecular flexibility index (Phi) is 4.37. The van der Waals surface area contributed by atoms with Gasteiger partial charge in [0.05, 0.1) is 16.8 Å². The zero-order valence-corrected chi connectivity index (χ0v) is 20.3. The molecule has 0 spiro atoms. The highest BCUT2D eigenvalue weighted by Gasteiger charge is 2.48. The first-order valence-electron chi connectivity index (χ1n) is 14.8. The highest BCUT2D eigenvalue weighted by atomic mass is 19.1. The van der Waals surface area contributed by atoms with Crippen LogP contribution in [0.25, 0.3) is 4.85 Å². The van der Waals surface area contributed by atoms with Crippen molar-refractivity contribution in [2.75, 3.05) is 13.5 Å². The Morgan fingerprint density at radius 1 is 1.22 bits per heavy atom. The van der Waals surface area contributed by atoms with E-state index in [1.165, 1.54) is 25.8 Å². The lowest BCUT2D eigenvalue weighted by Crippen LogP contribution is -2.36. The van der Waals surface area contributed by atoms with Gasteiger partial charge in [-0.05, 0) is 113 Å². The van der Waals surface area contributed by atoms with E-state index >= 15 is 4.39 Å². The molecule has 32 heavy (non-hydrogen) atoms. The predicted octanol–water partition coefficient (Wildman–Crippen LogP) is 7.31. The van der Waals surface area contributed by atoms with Crippen molar-refractivity contribution >= 4 is 5.69 Å². The largest absolute Gasteiger partial charge is 0.358 e. The molecule has 3 rings (SSSR count). The van der Waals surface area contributed by atoms with E-state index in [2.05, 4.69) is 4.85 Å². The monoisotopic (exact) mass is 444 g/mol. The van der Waals surface area contributed by atoms with Gasteiger partial charge in [0.15, 0.2) is 5.69 Å². The number of benzene rings is 2. The van der Waals surface area contributed by atoms with E-state index in [9.17, 15) is 4.11 Å². The van der Waals surface area contributed by atoms with E-state index < -0.39 is 54.4 Å². The molecule has 0 saturated heterocycles. The van der Waals surface area contributed by atoms with Crippen molar-refractivity contribution in [3.8, 4) is 0 Å². The van der Waals surface area contributed by atoms with Crippen molar-refractivity contribution in [1.29, 1.82) is 0 Å². The van der Waals surface area contributed by atoms with Crippen molar-refractivity contribution in [1.82, 2.24) is 4.90 Å². The van der Waals surface area contributed by atoms with Crippen LogP contribution in [-0.4, -0.2) is 24.5 Å². The minimum atomic E-state index is -3.02. The molecule has 0 N–H and O–H groups in total. The molecule has 0 bridgehead atoms. The first kappa shape index (κ1) is 15.6. The van der Waals surface area contributed by atoms with Crippen LogP contribution >= 0.6 is 0 Å². The van der Waals surface area contributed by atoms with Crippen LogP contribution in [0.4, 0.5) is 10.1 Å². The van der Waals surface area contributed by atoms with Gasteiger partial charge >= 0.3 is 0 Å². The van der Waals surface area contributed by atoms with Gasteiger partial charge in [0.1, 0.15) is 11.4 Å². The van der Waals surface area contributed by atoms with Crippen LogP contribution in [0.15, 0.2) is 18.1 Å². The third-order valence-corrected chi connectivity index (χ3v) is 6.32. The van der Waals surface area contributed by atoms with Crippen LogP contribution in [-0.2, 0) is 10.3 Å². The van der Waals surface area contributed by atoms with E-state index in [0.29, 0.717) is 11.1 Å². The molecule has 3 nitrogen and oxygen atoms in total. The quantitative estimate of drug-likeness (QED) is 0.434. The number of halogens is 1. The van der Waals surface area contributed by atoms with Gasteiger partial charge in [-0.3, -0.25) is 0 Å². The Balaban J connectivity index is 2.70. The standard InChI is InChI=1S/C28H37FN2O/c1-16(2)31(10)15-17(3)14-28(23-11-12-25(29)20(6)19(23)5)24-13-18(4)27(30-9)21(7)26(24)22(8)32-28/h11-13,16-17,22H,14-15H2,1-8,10H3/t17?,22?,28-/m0/s1/i11D,12D,13D,14D2,15D2,17D. The molecule has 1 aliphatic rings. The molecule has 0 aliphatic carbocycles. The fourth-order valence-corrected chi connectivity index (χ4v) is 4.28. The normalized spacial score (nSPS) is 26.7. The highest BCUT2D eigenvalue weighted by molar-refractivity contribution is 5.66. The van der Waals surface area contributed by atoms with Crippen LogP contribution in [0.5, 0.6) is 0 Å². The lowest BCUT2D eigenvalue weighted by atomic mass is 9.75. The molecule has 2 aromatic carbocycles. The summed E-state index contributed by atoms with van der Waals surface area (Å²) in [5.74, 6) is -3.56. The predicted molar refractivity (Wildman–Crippen MR) is 130 cm³/mol. The second-order valence-corrected chi connectivity index (χ2v) is 8.82. The average molecular weight is 445 g/mol. The first-order valence-corrected chi connectivity index (χ1v) is 10.8. The van der Waals surface area contributed by atoms with Crippen LogP contribution in [0, 0.1) is 46.0 Å². The Hall–Kier alpha value is -2.22. The molecular formula is C28H37FN2O. The summed E-state index contributed by atoms with van der Waals surface area (Å²) in [4.78, 5) is 4.83. The molecule has 0 radical (unpaired) electrons. The van der Waals surface area contributed by atoms with Crippen molar-refractivity contribution < 1.29 is 20.1 Å². The van der Waals surface area contributed by atoms with Gasteiger partial charge in [0.2, 0.25) is 0 Å². The van der Waals surface area contributed by atoms with E-state index in [-0.39, 0.29) is 39.5 Å². The van der Waals surface area contributed by atoms with E-state index in [0.717, 1.165) is 6.92 Å². The maximum atomic E-state index is 15.0. The molecule has 172 valence electrons. The summed E-state index contributed by atoms with van der Waals surface area (Å²) in [6.07, 6.45) is -3.95. The number of hydrogen-bond acceptors (Lipinski definition) is 2. The van der Waals surface area contributed by atoms with E-state index in [1.54, 1.807) is 34.6 Å². The van der Waals surface area contributed by atoms with Crippen LogP contribution < -0.4 is 0 Å². The van der Waals surface area contributed by atoms with Gasteiger partial charge in [-0.1, -0.05) is 19.0 Å². The molecule has 1 aliphatic heterocycles. The lowest BCUT2D eigenvalue weighted by Gasteiger charge is -2.37. The highest BCUT2D eigenvalue weighted by Crippen LogP contribution is 2.54. The second-order valence-electron chi connectivity index (χ2n) is 8.82. The van der Waals surface area contributed by atoms with Gasteiger partial charge in [-0.15, -0.1) is 0 Å². The Morgan fingerprint density at radius 2 is 1.88 bits per heavy atom. The van der Waals surface area contributed by atoms with Gasteiger partial charge in [-0.25, -0.2) is 9.24 Å². The molecule has 0 saturated carbocycles. The fourth-order valence-electron chi connectivity index (χ4n) is 4.28. The van der Waals surface area contributed by atoms with Crippen LogP contribution in [0.3, 0.4) is 0 Å². The molecule has 2 unspecified atom stereocenters. The topological polar surface area (TPSA) is 16.8 Å². The average Bonchev–Trinajstić information content (AvgIpc) is 3.18. The van der Waals surface area contributed by atoms with E-state index in [1.807, 2.05) is 0 Å². The van der Waals surface area contributed by atoms with Gasteiger partial charge in [0.25, 0.3) is 0 Å². The van der Waals surface area contributed by atoms with Gasteiger partial charge < -0.3 is 9.64 Å². The molecule has 3 atom stereocenters. The van der Waals surface area contributed by atoms with Crippen LogP contribution in [0.1, 0.15) is 90.1 Å². The summed E-state index contributed by atoms with van der Waals surface area (Å²) >= 11 is 0. The summed E-state index contributed by atoms with van der Waals surface area (Å²) in [6, 6.07) is -2.10. The minimum Gasteiger partial charge on any atom is -0.358 e. The number of hydrogen-bond donors (Lipinski definition) is 0. The number of nitrogens with zero attached hydrogens (tertiary/aromatic N) is 2. The first-order chi connectivity index (χ1) is 18.1. The van der Waals surface area contributed by atoms with Gasteiger partial charge in [0, 0.05) is 19.4 Å². The molecule has 1 heterocycles. The third-order valence-electron chi connectivity index (χ3n) is 6.32. The van der Waals surface area contributed by atoms with Crippen LogP contribution in [0.2, 0.25) is 0 Å². The summed E-state index contributed by atoms with van der Waals surface area (Å²) in [5.41, 5.74) is -1.38. The van der Waals surface area contributed by atoms with Gasteiger partial charge in [-0.2, -0.15) is 0 Å². The molecule has 0 amide bonds. The number of fused-ring (bicyclic) bond motifs is 1. The van der Waals surface area contributed by atoms with Crippen molar-refractivity contribution in [2.24, 2.45) is 5.89 Å². The fraction of sp³-hybridized carbons (Fsp3) is 0.536. The zero-order chi connectivity index (χ0) is 31.1. The van der Waals surface area contributed by atoms with Crippen molar-refractivity contribution in [3.63, 3.8) is 0 Å². The molecule has 4 heteroatoms. The number of rotatable bonds is 6. The van der Waals surface area contributed by atoms with Crippen molar-refractivity contribution in [3.05, 3.63) is 74.3 Å². The Morgan fingerprint density at radius 3 is 2.47 bits per heavy atom. The Bertz CT molecular complexity index is 1400. The summed E-state index contributed by atoms with van der Waals surface area (Å²) in [5, 5.41) is 0. The summed E-state index contributed by atoms with van der Waals surface area (Å²) in [7, 11) is 1.45. The Labute approximate surface area is 204 Å². The zero-order valence-electron chi connectivity index (χ0n) is 28.3. The third kappa shape index (κ3) is 3.98. The summed E-state index contributed by atoms with van der Waals surface area (Å²) < 4.78 is 94.5.